The second-order valence-corrected chi connectivity index (χ2v) is 6.39. The molecule has 0 spiro atoms. The van der Waals surface area contributed by atoms with Crippen molar-refractivity contribution in [3.63, 3.8) is 0 Å². The molecule has 3 aromatic rings. The molecule has 26 heavy (non-hydrogen) atoms. The van der Waals surface area contributed by atoms with E-state index in [2.05, 4.69) is 20.4 Å². The summed E-state index contributed by atoms with van der Waals surface area (Å²) in [6.07, 6.45) is 5.71. The van der Waals surface area contributed by atoms with Gasteiger partial charge in [0.15, 0.2) is 5.82 Å². The van der Waals surface area contributed by atoms with Gasteiger partial charge in [0.2, 0.25) is 0 Å². The molecule has 4 rings (SSSR count). The molecule has 0 bridgehead atoms. The molecule has 0 aliphatic heterocycles. The van der Waals surface area contributed by atoms with Crippen LogP contribution < -0.4 is 11.1 Å². The van der Waals surface area contributed by atoms with E-state index in [4.69, 9.17) is 5.73 Å². The third kappa shape index (κ3) is 3.62. The topological polar surface area (TPSA) is 98.7 Å². The Hall–Kier alpha value is -3.06. The Balaban J connectivity index is 1.49. The number of aromatic nitrogens is 4. The maximum absolute atomic E-state index is 12.7. The van der Waals surface area contributed by atoms with Crippen molar-refractivity contribution in [2.75, 3.05) is 5.32 Å². The summed E-state index contributed by atoms with van der Waals surface area (Å²) in [6.45, 7) is 0.927. The van der Waals surface area contributed by atoms with Crippen molar-refractivity contribution in [3.8, 4) is 0 Å². The van der Waals surface area contributed by atoms with Crippen LogP contribution in [0.4, 0.5) is 5.82 Å². The van der Waals surface area contributed by atoms with Crippen molar-refractivity contribution in [2.45, 2.75) is 31.8 Å². The molecule has 0 radical (unpaired) electrons. The first-order chi connectivity index (χ1) is 12.7. The van der Waals surface area contributed by atoms with E-state index in [1.54, 1.807) is 23.0 Å². The molecule has 132 valence electrons. The zero-order valence-corrected chi connectivity index (χ0v) is 14.3. The molecule has 7 heteroatoms. The van der Waals surface area contributed by atoms with Gasteiger partial charge in [-0.15, -0.1) is 0 Å². The predicted molar refractivity (Wildman–Crippen MR) is 97.6 cm³/mol. The van der Waals surface area contributed by atoms with Gasteiger partial charge in [0, 0.05) is 30.9 Å². The van der Waals surface area contributed by atoms with Gasteiger partial charge in [-0.25, -0.2) is 0 Å². The molecule has 0 unspecified atom stereocenters. The van der Waals surface area contributed by atoms with Crippen LogP contribution in [0, 0.1) is 0 Å². The fourth-order valence-corrected chi connectivity index (χ4v) is 2.85. The largest absolute Gasteiger partial charge is 0.325 e. The summed E-state index contributed by atoms with van der Waals surface area (Å²) in [7, 11) is 0. The molecule has 1 aliphatic rings. The fourth-order valence-electron chi connectivity index (χ4n) is 2.85. The lowest BCUT2D eigenvalue weighted by atomic mass is 10.1. The van der Waals surface area contributed by atoms with Crippen LogP contribution in [0.25, 0.3) is 0 Å². The van der Waals surface area contributed by atoms with E-state index in [1.807, 2.05) is 30.5 Å². The van der Waals surface area contributed by atoms with Crippen molar-refractivity contribution in [1.82, 2.24) is 19.7 Å². The molecule has 0 saturated heterocycles. The quantitative estimate of drug-likeness (QED) is 0.712. The van der Waals surface area contributed by atoms with Gasteiger partial charge in [-0.05, 0) is 37.1 Å². The molecule has 1 fully saturated rings. The van der Waals surface area contributed by atoms with Crippen molar-refractivity contribution < 1.29 is 4.79 Å². The van der Waals surface area contributed by atoms with Crippen LogP contribution in [0.3, 0.4) is 0 Å². The van der Waals surface area contributed by atoms with Gasteiger partial charge in [0.05, 0.1) is 29.2 Å². The zero-order chi connectivity index (χ0) is 17.9. The number of nitrogens with one attached hydrogen (secondary N) is 1. The van der Waals surface area contributed by atoms with Gasteiger partial charge in [0.1, 0.15) is 0 Å². The molecule has 0 atom stereocenters. The number of anilines is 1. The normalized spacial score (nSPS) is 13.6. The van der Waals surface area contributed by atoms with E-state index in [-0.39, 0.29) is 5.91 Å². The van der Waals surface area contributed by atoms with Gasteiger partial charge < -0.3 is 11.1 Å². The molecule has 7 nitrogen and oxygen atoms in total. The first-order valence-corrected chi connectivity index (χ1v) is 8.67. The summed E-state index contributed by atoms with van der Waals surface area (Å²) in [5.41, 5.74) is 8.84. The van der Waals surface area contributed by atoms with Crippen LogP contribution in [0.15, 0.2) is 48.8 Å². The maximum atomic E-state index is 12.7. The highest BCUT2D eigenvalue weighted by Gasteiger charge is 2.30. The monoisotopic (exact) mass is 348 g/mol. The smallest absolute Gasteiger partial charge is 0.258 e. The van der Waals surface area contributed by atoms with E-state index < -0.39 is 0 Å². The van der Waals surface area contributed by atoms with Gasteiger partial charge in [0.25, 0.3) is 5.91 Å². The summed E-state index contributed by atoms with van der Waals surface area (Å²) >= 11 is 0. The Morgan fingerprint density at radius 3 is 2.81 bits per heavy atom. The van der Waals surface area contributed by atoms with E-state index in [0.717, 1.165) is 29.9 Å². The highest BCUT2D eigenvalue weighted by atomic mass is 16.1. The number of carbonyl (C=O) groups excluding carboxylic acids is 1. The van der Waals surface area contributed by atoms with Crippen LogP contribution in [-0.2, 0) is 13.1 Å². The summed E-state index contributed by atoms with van der Waals surface area (Å²) in [5, 5.41) is 7.26. The van der Waals surface area contributed by atoms with Gasteiger partial charge in [-0.3, -0.25) is 19.4 Å². The Labute approximate surface area is 151 Å². The van der Waals surface area contributed by atoms with Crippen LogP contribution in [-0.4, -0.2) is 25.7 Å². The predicted octanol–water partition coefficient (Wildman–Crippen LogP) is 2.31. The molecule has 3 N–H and O–H groups in total. The number of nitrogens with two attached hydrogens (primary N) is 1. The highest BCUT2D eigenvalue weighted by molar-refractivity contribution is 6.04. The molecule has 0 aromatic carbocycles. The minimum absolute atomic E-state index is 0.189. The SMILES string of the molecule is NCc1ccc(C(=O)Nc2ccn(Cc3ccccn3)n2)c(C2CC2)n1. The van der Waals surface area contributed by atoms with Crippen molar-refractivity contribution in [3.05, 3.63) is 71.4 Å². The Morgan fingerprint density at radius 1 is 1.19 bits per heavy atom. The minimum atomic E-state index is -0.189. The van der Waals surface area contributed by atoms with Gasteiger partial charge in [-0.2, -0.15) is 5.10 Å². The maximum Gasteiger partial charge on any atom is 0.258 e. The second kappa shape index (κ2) is 7.05. The van der Waals surface area contributed by atoms with Crippen LogP contribution in [0.1, 0.15) is 46.2 Å². The lowest BCUT2D eigenvalue weighted by Crippen LogP contribution is -2.17. The van der Waals surface area contributed by atoms with Crippen LogP contribution >= 0.6 is 0 Å². The van der Waals surface area contributed by atoms with Crippen molar-refractivity contribution in [2.24, 2.45) is 5.73 Å². The molecular formula is C19H20N6O. The lowest BCUT2D eigenvalue weighted by molar-refractivity contribution is 0.102. The number of hydrogen-bond acceptors (Lipinski definition) is 5. The average Bonchev–Trinajstić information content (AvgIpc) is 3.43. The number of amides is 1. The fraction of sp³-hybridized carbons (Fsp3) is 0.263. The lowest BCUT2D eigenvalue weighted by Gasteiger charge is -2.09. The first-order valence-electron chi connectivity index (χ1n) is 8.67. The van der Waals surface area contributed by atoms with Crippen LogP contribution in [0.2, 0.25) is 0 Å². The van der Waals surface area contributed by atoms with Crippen LogP contribution in [0.5, 0.6) is 0 Å². The number of nitrogens with zero attached hydrogens (tertiary/aromatic N) is 4. The number of rotatable bonds is 6. The summed E-state index contributed by atoms with van der Waals surface area (Å²) in [4.78, 5) is 21.5. The Bertz CT molecular complexity index is 917. The van der Waals surface area contributed by atoms with Crippen molar-refractivity contribution >= 4 is 11.7 Å². The third-order valence-corrected chi connectivity index (χ3v) is 4.33. The number of carbonyl (C=O) groups is 1. The van der Waals surface area contributed by atoms with E-state index in [0.29, 0.717) is 30.4 Å². The standard InChI is InChI=1S/C19H20N6O/c20-11-14-6-7-16(18(22-14)13-4-5-13)19(26)23-17-8-10-25(24-17)12-15-3-1-2-9-21-15/h1-3,6-10,13H,4-5,11-12,20H2,(H,23,24,26). The zero-order valence-electron chi connectivity index (χ0n) is 14.3. The Kier molecular flexibility index (Phi) is 4.45. The highest BCUT2D eigenvalue weighted by Crippen LogP contribution is 2.40. The average molecular weight is 348 g/mol. The summed E-state index contributed by atoms with van der Waals surface area (Å²) in [5.74, 6) is 0.686. The third-order valence-electron chi connectivity index (χ3n) is 4.33. The summed E-state index contributed by atoms with van der Waals surface area (Å²) < 4.78 is 1.75. The van der Waals surface area contributed by atoms with Gasteiger partial charge >= 0.3 is 0 Å². The van der Waals surface area contributed by atoms with E-state index in [9.17, 15) is 4.79 Å². The molecule has 1 aliphatic carbocycles. The van der Waals surface area contributed by atoms with E-state index in [1.165, 1.54) is 0 Å². The number of hydrogen-bond donors (Lipinski definition) is 2. The first kappa shape index (κ1) is 16.4. The van der Waals surface area contributed by atoms with Crippen molar-refractivity contribution in [1.29, 1.82) is 0 Å². The Morgan fingerprint density at radius 2 is 2.08 bits per heavy atom. The summed E-state index contributed by atoms with van der Waals surface area (Å²) in [6, 6.07) is 11.1. The molecular weight excluding hydrogens is 328 g/mol. The van der Waals surface area contributed by atoms with E-state index >= 15 is 0 Å². The minimum Gasteiger partial charge on any atom is -0.325 e. The van der Waals surface area contributed by atoms with Gasteiger partial charge in [-0.1, -0.05) is 6.07 Å². The number of pyridine rings is 2. The molecule has 1 saturated carbocycles. The molecule has 1 amide bonds. The molecule has 3 aromatic heterocycles. The molecule has 3 heterocycles. The second-order valence-electron chi connectivity index (χ2n) is 6.39.